The maximum atomic E-state index is 14.2. The molecule has 0 bridgehead atoms. The van der Waals surface area contributed by atoms with Gasteiger partial charge in [-0.25, -0.2) is 0 Å². The average molecular weight is 684 g/mol. The summed E-state index contributed by atoms with van der Waals surface area (Å²) in [4.78, 5) is 14.2. The molecule has 0 radical (unpaired) electrons. The first-order chi connectivity index (χ1) is 22.2. The van der Waals surface area contributed by atoms with E-state index in [2.05, 4.69) is 79.4 Å². The number of benzene rings is 5. The molecule has 0 amide bonds. The molecule has 5 aromatic rings. The van der Waals surface area contributed by atoms with E-state index in [1.54, 1.807) is 24.3 Å². The van der Waals surface area contributed by atoms with Crippen LogP contribution in [-0.4, -0.2) is 44.9 Å². The molecular formula is C40H37GeNO3S. The van der Waals surface area contributed by atoms with E-state index in [-0.39, 0.29) is 29.7 Å². The number of carbonyl (C=O) groups is 1. The molecule has 1 aliphatic rings. The number of Topliss-reactive ketones (excluding diaryl/α,β-unsaturated/α-hetero) is 1. The summed E-state index contributed by atoms with van der Waals surface area (Å²) >= 11 is -3.81. The topological polar surface area (TPSA) is 54.5 Å². The van der Waals surface area contributed by atoms with Crippen LogP contribution < -0.4 is 13.2 Å². The average Bonchev–Trinajstić information content (AvgIpc) is 3.57. The molecule has 6 heteroatoms. The van der Waals surface area contributed by atoms with Gasteiger partial charge in [0.05, 0.1) is 0 Å². The number of nitrogens with zero attached hydrogens (tertiary/aromatic N) is 1. The predicted octanol–water partition coefficient (Wildman–Crippen LogP) is 5.94. The van der Waals surface area contributed by atoms with Crippen LogP contribution in [0.4, 0.5) is 0 Å². The molecule has 0 N–H and O–H groups in total. The summed E-state index contributed by atoms with van der Waals surface area (Å²) in [7, 11) is -3.86. The molecule has 0 aromatic heterocycles. The molecule has 2 atom stereocenters. The fourth-order valence-electron chi connectivity index (χ4n) is 6.87. The third kappa shape index (κ3) is 5.75. The number of hydrogen-bond donors (Lipinski definition) is 0. The summed E-state index contributed by atoms with van der Waals surface area (Å²) in [6, 6.07) is 47.6. The fraction of sp³-hybridized carbons (Fsp3) is 0.125. The van der Waals surface area contributed by atoms with E-state index in [9.17, 15) is 13.2 Å². The van der Waals surface area contributed by atoms with Gasteiger partial charge in [-0.1, -0.05) is 0 Å². The molecule has 5 aromatic carbocycles. The van der Waals surface area contributed by atoms with E-state index < -0.39 is 29.2 Å². The van der Waals surface area contributed by atoms with E-state index in [0.29, 0.717) is 11.1 Å². The minimum atomic E-state index is -3.86. The van der Waals surface area contributed by atoms with Gasteiger partial charge in [-0.3, -0.25) is 0 Å². The molecule has 0 unspecified atom stereocenters. The van der Waals surface area contributed by atoms with Gasteiger partial charge in [0.25, 0.3) is 0 Å². The molecule has 46 heavy (non-hydrogen) atoms. The second-order valence-electron chi connectivity index (χ2n) is 11.9. The van der Waals surface area contributed by atoms with E-state index >= 15 is 0 Å². The quantitative estimate of drug-likeness (QED) is 0.104. The molecule has 0 spiro atoms. The van der Waals surface area contributed by atoms with E-state index in [1.165, 1.54) is 17.5 Å². The summed E-state index contributed by atoms with van der Waals surface area (Å²) in [6.45, 7) is 11.6. The number of aryl methyl sites for hydroxylation is 1. The number of hydrogen-bond acceptors (Lipinski definition) is 3. The van der Waals surface area contributed by atoms with Gasteiger partial charge >= 0.3 is 276 Å². The maximum absolute atomic E-state index is 14.2. The fourth-order valence-corrected chi connectivity index (χ4v) is 18.9. The Bertz CT molecular complexity index is 1860. The zero-order chi connectivity index (χ0) is 32.3. The summed E-state index contributed by atoms with van der Waals surface area (Å²) in [6.07, 6.45) is 0. The Morgan fingerprint density at radius 3 is 1.50 bits per heavy atom. The van der Waals surface area contributed by atoms with Crippen LogP contribution in [0.1, 0.15) is 15.9 Å². The predicted molar refractivity (Wildman–Crippen MR) is 190 cm³/mol. The molecule has 1 heterocycles. The molecular weight excluding hydrogens is 647 g/mol. The van der Waals surface area contributed by atoms with E-state index in [0.717, 1.165) is 9.97 Å². The minimum absolute atomic E-state index is 0.147. The van der Waals surface area contributed by atoms with Gasteiger partial charge in [0, 0.05) is 0 Å². The Morgan fingerprint density at radius 2 is 1.04 bits per heavy atom. The summed E-state index contributed by atoms with van der Waals surface area (Å²) in [5, 5.41) is 0. The van der Waals surface area contributed by atoms with Gasteiger partial charge < -0.3 is 0 Å². The van der Waals surface area contributed by atoms with Crippen molar-refractivity contribution in [2.45, 2.75) is 11.8 Å². The van der Waals surface area contributed by atoms with Crippen LogP contribution >= 0.6 is 0 Å². The third-order valence-electron chi connectivity index (χ3n) is 9.27. The van der Waals surface area contributed by atoms with Gasteiger partial charge in [-0.15, -0.1) is 0 Å². The Hall–Kier alpha value is -4.30. The van der Waals surface area contributed by atoms with Crippen molar-refractivity contribution in [3.63, 3.8) is 0 Å². The van der Waals surface area contributed by atoms with E-state index in [4.69, 9.17) is 6.58 Å². The van der Waals surface area contributed by atoms with Crippen LogP contribution in [0.5, 0.6) is 0 Å². The molecule has 1 saturated heterocycles. The van der Waals surface area contributed by atoms with Gasteiger partial charge in [0.2, 0.25) is 0 Å². The Morgan fingerprint density at radius 1 is 0.630 bits per heavy atom. The van der Waals surface area contributed by atoms with E-state index in [1.807, 2.05) is 55.5 Å². The van der Waals surface area contributed by atoms with Crippen LogP contribution in [0.15, 0.2) is 174 Å². The Kier molecular flexibility index (Phi) is 9.09. The summed E-state index contributed by atoms with van der Waals surface area (Å²) < 4.78 is 34.5. The molecule has 1 fully saturated rings. The van der Waals surface area contributed by atoms with Gasteiger partial charge in [0.15, 0.2) is 0 Å². The first-order valence-corrected chi connectivity index (χ1v) is 21.1. The standard InChI is InChI=1S/C40H37GeNO3S/c1-30-24-26-37(27-25-30)46(44,45)42-28-38(31(2)40(43)33-16-8-4-9-17-33)39(29-42)32(3)41(34-18-10-5-11-19-34,35-20-12-6-13-21-35)36-22-14-7-15-23-36/h4-27,38-39H,2-3,28-29H2,1H3/t38-,39-/m0/s1. The van der Waals surface area contributed by atoms with Crippen molar-refractivity contribution in [3.8, 4) is 0 Å². The number of rotatable bonds is 10. The van der Waals surface area contributed by atoms with Crippen LogP contribution in [0.3, 0.4) is 0 Å². The first-order valence-electron chi connectivity index (χ1n) is 15.5. The first kappa shape index (κ1) is 31.7. The zero-order valence-corrected chi connectivity index (χ0v) is 28.8. The zero-order valence-electron chi connectivity index (χ0n) is 25.9. The van der Waals surface area contributed by atoms with Crippen molar-refractivity contribution in [3.05, 3.63) is 180 Å². The second-order valence-corrected chi connectivity index (χ2v) is 22.0. The van der Waals surface area contributed by atoms with Crippen molar-refractivity contribution in [2.24, 2.45) is 11.8 Å². The number of ketones is 1. The van der Waals surface area contributed by atoms with Crippen LogP contribution in [-0.2, 0) is 10.0 Å². The molecule has 230 valence electrons. The van der Waals surface area contributed by atoms with Crippen LogP contribution in [0.25, 0.3) is 0 Å². The molecule has 0 aliphatic carbocycles. The van der Waals surface area contributed by atoms with Gasteiger partial charge in [0.1, 0.15) is 0 Å². The van der Waals surface area contributed by atoms with Gasteiger partial charge in [-0.05, 0) is 0 Å². The SMILES string of the molecule is C=C(C(=O)c1ccccc1)[C@@H]1CN(S(=O)(=O)c2ccc(C)cc2)C[C@H]1[C](=C)[Ge]([c]1ccccc1)([c]1ccccc1)[c]1ccccc1. The normalized spacial score (nSPS) is 17.0. The number of carbonyl (C=O) groups excluding carboxylic acids is 1. The van der Waals surface area contributed by atoms with Crippen molar-refractivity contribution in [2.75, 3.05) is 13.1 Å². The monoisotopic (exact) mass is 685 g/mol. The van der Waals surface area contributed by atoms with Gasteiger partial charge in [-0.2, -0.15) is 0 Å². The Balaban J connectivity index is 1.54. The van der Waals surface area contributed by atoms with Crippen molar-refractivity contribution in [1.82, 2.24) is 4.31 Å². The summed E-state index contributed by atoms with van der Waals surface area (Å²) in [5.41, 5.74) is 1.93. The Labute approximate surface area is 275 Å². The van der Waals surface area contributed by atoms with Crippen molar-refractivity contribution >= 4 is 42.3 Å². The summed E-state index contributed by atoms with van der Waals surface area (Å²) in [5.74, 6) is -0.974. The van der Waals surface area contributed by atoms with Crippen molar-refractivity contribution in [1.29, 1.82) is 0 Å². The third-order valence-corrected chi connectivity index (χ3v) is 21.5. The molecule has 6 rings (SSSR count). The number of sulfonamides is 1. The second kappa shape index (κ2) is 13.2. The molecule has 1 aliphatic heterocycles. The van der Waals surface area contributed by atoms with Crippen LogP contribution in [0.2, 0.25) is 0 Å². The van der Waals surface area contributed by atoms with Crippen molar-refractivity contribution < 1.29 is 13.2 Å². The molecule has 0 saturated carbocycles. The molecule has 4 nitrogen and oxygen atoms in total. The van der Waals surface area contributed by atoms with Crippen LogP contribution in [0, 0.1) is 18.8 Å².